The second-order valence-corrected chi connectivity index (χ2v) is 11.1. The van der Waals surface area contributed by atoms with Crippen LogP contribution >= 0.6 is 0 Å². The quantitative estimate of drug-likeness (QED) is 0.559. The lowest BCUT2D eigenvalue weighted by Crippen LogP contribution is -2.48. The van der Waals surface area contributed by atoms with Crippen LogP contribution in [-0.4, -0.2) is 46.0 Å². The molecule has 0 spiro atoms. The molecule has 1 saturated carbocycles. The topological polar surface area (TPSA) is 58.6 Å². The van der Waals surface area contributed by atoms with E-state index >= 15 is 0 Å². The van der Waals surface area contributed by atoms with E-state index in [-0.39, 0.29) is 24.0 Å². The third-order valence-corrected chi connectivity index (χ3v) is 7.62. The fourth-order valence-electron chi connectivity index (χ4n) is 5.19. The molecule has 5 nitrogen and oxygen atoms in total. The summed E-state index contributed by atoms with van der Waals surface area (Å²) in [5.74, 6) is -0.239. The molecule has 2 aromatic rings. The maximum Gasteiger partial charge on any atom is 0.263 e. The number of nitrogens with one attached hydrogen (secondary N) is 1. The Balaban J connectivity index is 1.44. The van der Waals surface area contributed by atoms with E-state index in [1.807, 2.05) is 6.07 Å². The monoisotopic (exact) mass is 496 g/mol. The normalized spacial score (nSPS) is 25.7. The van der Waals surface area contributed by atoms with Crippen molar-refractivity contribution in [3.05, 3.63) is 65.5 Å². The molecule has 2 atom stereocenters. The van der Waals surface area contributed by atoms with Crippen LogP contribution in [0.2, 0.25) is 0 Å². The number of sulfonamides is 1. The van der Waals surface area contributed by atoms with Crippen LogP contribution in [0.15, 0.2) is 48.5 Å². The number of hydrogen-bond donors (Lipinski definition) is 1. The van der Waals surface area contributed by atoms with Crippen LogP contribution in [-0.2, 0) is 14.8 Å². The highest BCUT2D eigenvalue weighted by Crippen LogP contribution is 2.35. The molecular weight excluding hydrogens is 465 g/mol. The lowest BCUT2D eigenvalue weighted by atomic mass is 9.83. The molecule has 34 heavy (non-hydrogen) atoms. The van der Waals surface area contributed by atoms with Gasteiger partial charge >= 0.3 is 0 Å². The summed E-state index contributed by atoms with van der Waals surface area (Å²) in [6.45, 7) is 0.622. The number of benzene rings is 2. The summed E-state index contributed by atoms with van der Waals surface area (Å²) in [4.78, 5) is 1.74. The maximum atomic E-state index is 14.7. The van der Waals surface area contributed by atoms with E-state index in [4.69, 9.17) is 4.74 Å². The van der Waals surface area contributed by atoms with E-state index in [0.29, 0.717) is 18.9 Å². The summed E-state index contributed by atoms with van der Waals surface area (Å²) >= 11 is 0. The van der Waals surface area contributed by atoms with Crippen molar-refractivity contribution in [3.8, 4) is 0 Å². The first-order valence-corrected chi connectivity index (χ1v) is 13.6. The van der Waals surface area contributed by atoms with E-state index in [2.05, 4.69) is 29.0 Å². The van der Waals surface area contributed by atoms with Crippen molar-refractivity contribution in [1.82, 2.24) is 4.72 Å². The van der Waals surface area contributed by atoms with Crippen LogP contribution in [0, 0.1) is 5.82 Å². The Labute approximate surface area is 199 Å². The van der Waals surface area contributed by atoms with Crippen molar-refractivity contribution in [3.63, 3.8) is 0 Å². The molecule has 0 aromatic heterocycles. The molecule has 1 heterocycles. The number of alkyl halides is 2. The van der Waals surface area contributed by atoms with Gasteiger partial charge in [0.25, 0.3) is 6.43 Å². The van der Waals surface area contributed by atoms with Crippen molar-refractivity contribution >= 4 is 15.7 Å². The van der Waals surface area contributed by atoms with Gasteiger partial charge in [-0.05, 0) is 55.7 Å². The lowest BCUT2D eigenvalue weighted by molar-refractivity contribution is 0.0156. The average Bonchev–Trinajstić information content (AvgIpc) is 3.18. The standard InChI is InChI=1S/C25H31F3N2O3S/c1-34(31,32)29-22-13-14-30(23-12-9-19(25(27)28)15-21(23)26)24(22)16-33-20-10-7-18(8-11-20)17-5-3-2-4-6-17/h2-6,9,12,15,18,20,22,24-25,29H,7-8,10-11,13-14,16H2,1H3/t18?,20?,22-,24-/m0/s1. The second-order valence-electron chi connectivity index (χ2n) is 9.28. The Morgan fingerprint density at radius 3 is 2.38 bits per heavy atom. The largest absolute Gasteiger partial charge is 0.376 e. The zero-order chi connectivity index (χ0) is 24.3. The van der Waals surface area contributed by atoms with Crippen LogP contribution in [0.4, 0.5) is 18.9 Å². The summed E-state index contributed by atoms with van der Waals surface area (Å²) in [6.07, 6.45) is 2.67. The Morgan fingerprint density at radius 2 is 1.76 bits per heavy atom. The minimum atomic E-state index is -3.48. The van der Waals surface area contributed by atoms with Crippen LogP contribution < -0.4 is 9.62 Å². The Hall–Kier alpha value is -2.10. The molecule has 0 bridgehead atoms. The van der Waals surface area contributed by atoms with Crippen molar-refractivity contribution in [1.29, 1.82) is 0 Å². The van der Waals surface area contributed by atoms with Gasteiger partial charge in [0.05, 0.1) is 30.7 Å². The van der Waals surface area contributed by atoms with Gasteiger partial charge in [-0.1, -0.05) is 36.4 Å². The molecule has 4 rings (SSSR count). The number of ether oxygens (including phenoxy) is 1. The smallest absolute Gasteiger partial charge is 0.263 e. The van der Waals surface area contributed by atoms with Crippen molar-refractivity contribution in [2.75, 3.05) is 24.3 Å². The summed E-state index contributed by atoms with van der Waals surface area (Å²) in [5.41, 5.74) is 1.14. The molecule has 0 radical (unpaired) electrons. The number of halogens is 3. The first kappa shape index (κ1) is 25.0. The molecule has 2 aliphatic rings. The number of hydrogen-bond acceptors (Lipinski definition) is 4. The number of anilines is 1. The van der Waals surface area contributed by atoms with Crippen LogP contribution in [0.3, 0.4) is 0 Å². The SMILES string of the molecule is CS(=O)(=O)N[C@H]1CCN(c2ccc(C(F)F)cc2F)[C@H]1COC1CCC(c2ccccc2)CC1. The lowest BCUT2D eigenvalue weighted by Gasteiger charge is -2.34. The molecular formula is C25H31F3N2O3S. The molecule has 9 heteroatoms. The third kappa shape index (κ3) is 6.12. The van der Waals surface area contributed by atoms with Gasteiger partial charge in [0.1, 0.15) is 5.82 Å². The zero-order valence-corrected chi connectivity index (χ0v) is 20.0. The van der Waals surface area contributed by atoms with Gasteiger partial charge in [0.2, 0.25) is 10.0 Å². The molecule has 0 amide bonds. The van der Waals surface area contributed by atoms with E-state index < -0.39 is 34.3 Å². The van der Waals surface area contributed by atoms with E-state index in [1.54, 1.807) is 4.90 Å². The molecule has 2 fully saturated rings. The van der Waals surface area contributed by atoms with Crippen LogP contribution in [0.1, 0.15) is 55.6 Å². The molecule has 1 aliphatic heterocycles. The zero-order valence-electron chi connectivity index (χ0n) is 19.2. The van der Waals surface area contributed by atoms with Gasteiger partial charge < -0.3 is 9.64 Å². The highest BCUT2D eigenvalue weighted by molar-refractivity contribution is 7.88. The minimum absolute atomic E-state index is 0.0485. The van der Waals surface area contributed by atoms with Crippen molar-refractivity contribution in [2.45, 2.75) is 62.6 Å². The van der Waals surface area contributed by atoms with Gasteiger partial charge in [0.15, 0.2) is 0 Å². The fraction of sp³-hybridized carbons (Fsp3) is 0.520. The first-order valence-electron chi connectivity index (χ1n) is 11.7. The predicted octanol–water partition coefficient (Wildman–Crippen LogP) is 5.00. The van der Waals surface area contributed by atoms with Gasteiger partial charge in [0, 0.05) is 18.2 Å². The highest BCUT2D eigenvalue weighted by atomic mass is 32.2. The van der Waals surface area contributed by atoms with E-state index in [0.717, 1.165) is 38.0 Å². The third-order valence-electron chi connectivity index (χ3n) is 6.89. The molecule has 1 aliphatic carbocycles. The van der Waals surface area contributed by atoms with Crippen molar-refractivity contribution in [2.24, 2.45) is 0 Å². The van der Waals surface area contributed by atoms with Gasteiger partial charge in [-0.15, -0.1) is 0 Å². The Morgan fingerprint density at radius 1 is 1.06 bits per heavy atom. The summed E-state index contributed by atoms with van der Waals surface area (Å²) in [5, 5.41) is 0. The van der Waals surface area contributed by atoms with E-state index in [9.17, 15) is 21.6 Å². The minimum Gasteiger partial charge on any atom is -0.376 e. The second kappa shape index (κ2) is 10.7. The fourth-order valence-corrected chi connectivity index (χ4v) is 6.01. The van der Waals surface area contributed by atoms with Gasteiger partial charge in [-0.2, -0.15) is 0 Å². The molecule has 1 N–H and O–H groups in total. The highest BCUT2D eigenvalue weighted by Gasteiger charge is 2.38. The van der Waals surface area contributed by atoms with Crippen LogP contribution in [0.25, 0.3) is 0 Å². The summed E-state index contributed by atoms with van der Waals surface area (Å²) in [7, 11) is -3.48. The van der Waals surface area contributed by atoms with Gasteiger partial charge in [-0.25, -0.2) is 26.3 Å². The Kier molecular flexibility index (Phi) is 7.84. The number of nitrogens with zero attached hydrogens (tertiary/aromatic N) is 1. The predicted molar refractivity (Wildman–Crippen MR) is 126 cm³/mol. The summed E-state index contributed by atoms with van der Waals surface area (Å²) < 4.78 is 73.4. The first-order chi connectivity index (χ1) is 16.2. The molecule has 2 aromatic carbocycles. The van der Waals surface area contributed by atoms with Crippen LogP contribution in [0.5, 0.6) is 0 Å². The van der Waals surface area contributed by atoms with Gasteiger partial charge in [-0.3, -0.25) is 0 Å². The van der Waals surface area contributed by atoms with Crippen molar-refractivity contribution < 1.29 is 26.3 Å². The molecule has 1 saturated heterocycles. The number of rotatable bonds is 8. The van der Waals surface area contributed by atoms with E-state index in [1.165, 1.54) is 17.7 Å². The maximum absolute atomic E-state index is 14.7. The summed E-state index contributed by atoms with van der Waals surface area (Å²) in [6, 6.07) is 12.9. The molecule has 186 valence electrons. The Bertz CT molecular complexity index is 1060. The average molecular weight is 497 g/mol. The molecule has 0 unspecified atom stereocenters.